The molecule has 0 amide bonds. The highest BCUT2D eigenvalue weighted by Gasteiger charge is 2.50. The van der Waals surface area contributed by atoms with E-state index in [4.69, 9.17) is 18.9 Å². The van der Waals surface area contributed by atoms with E-state index in [-0.39, 0.29) is 0 Å². The Balaban J connectivity index is 1.60. The lowest BCUT2D eigenvalue weighted by Gasteiger charge is -2.23. The van der Waals surface area contributed by atoms with Gasteiger partial charge in [-0.3, -0.25) is 0 Å². The van der Waals surface area contributed by atoms with Crippen LogP contribution in [0, 0.1) is 0 Å². The number of carbonyl (C=O) groups is 3. The minimum absolute atomic E-state index is 0.440. The summed E-state index contributed by atoms with van der Waals surface area (Å²) in [5, 5.41) is 97.1. The molecule has 0 aromatic heterocycles. The number of ether oxygens (including phenoxy) is 4. The molecule has 1 heterocycles. The lowest BCUT2D eigenvalue weighted by molar-refractivity contribution is -0.135. The molecule has 1 fully saturated rings. The monoisotopic (exact) mass is 606 g/mol. The van der Waals surface area contributed by atoms with E-state index in [1.54, 1.807) is 0 Å². The van der Waals surface area contributed by atoms with Crippen molar-refractivity contribution in [1.29, 1.82) is 0 Å². The Hall–Kier alpha value is -5.81. The molecule has 1 aliphatic heterocycles. The number of esters is 3. The van der Waals surface area contributed by atoms with E-state index < -0.39 is 118 Å². The third kappa shape index (κ3) is 6.11. The predicted octanol–water partition coefficient (Wildman–Crippen LogP) is 0.362. The lowest BCUT2D eigenvalue weighted by atomic mass is 10.1. The van der Waals surface area contributed by atoms with Crippen molar-refractivity contribution in [3.8, 4) is 51.7 Å². The predicted molar refractivity (Wildman–Crippen MR) is 134 cm³/mol. The molecule has 4 atom stereocenters. The first-order valence-corrected chi connectivity index (χ1v) is 11.8. The van der Waals surface area contributed by atoms with Gasteiger partial charge in [-0.1, -0.05) is 0 Å². The average molecular weight is 606 g/mol. The molecule has 17 nitrogen and oxygen atoms in total. The van der Waals surface area contributed by atoms with Gasteiger partial charge in [-0.05, 0) is 36.4 Å². The molecule has 43 heavy (non-hydrogen) atoms. The standard InChI is InChI=1S/C26H22O17/c27-11-1-8(2-12(28)18(11)33)23(36)40-7-17-21(42-24(37)9-3-13(29)19(34)14(30)4-9)22(26(39)41-17)43-25(38)10-5-15(31)20(35)16(32)6-10/h1-6,17,21-22,26-35,39H,7H2. The zero-order valence-corrected chi connectivity index (χ0v) is 21.3. The van der Waals surface area contributed by atoms with Crippen LogP contribution in [0.15, 0.2) is 36.4 Å². The summed E-state index contributed by atoms with van der Waals surface area (Å²) in [6.45, 7) is -0.822. The van der Waals surface area contributed by atoms with Gasteiger partial charge < -0.3 is 70.0 Å². The van der Waals surface area contributed by atoms with Crippen LogP contribution in [0.1, 0.15) is 31.1 Å². The Bertz CT molecular complexity index is 1530. The topological polar surface area (TPSA) is 290 Å². The van der Waals surface area contributed by atoms with Crippen LogP contribution in [0.3, 0.4) is 0 Å². The van der Waals surface area contributed by atoms with Crippen LogP contribution in [-0.2, 0) is 18.9 Å². The Morgan fingerprint density at radius 3 is 1.26 bits per heavy atom. The van der Waals surface area contributed by atoms with E-state index >= 15 is 0 Å². The second kappa shape index (κ2) is 11.6. The zero-order chi connectivity index (χ0) is 31.7. The van der Waals surface area contributed by atoms with Gasteiger partial charge in [-0.15, -0.1) is 0 Å². The zero-order valence-electron chi connectivity index (χ0n) is 21.3. The summed E-state index contributed by atoms with van der Waals surface area (Å²) in [5.41, 5.74) is -1.50. The summed E-state index contributed by atoms with van der Waals surface area (Å²) in [5.74, 6) is -12.0. The summed E-state index contributed by atoms with van der Waals surface area (Å²) in [4.78, 5) is 38.1. The SMILES string of the molecule is O=C(OCC1OC(O)C(OC(=O)c2cc(O)c(O)c(O)c2)C1OC(=O)c1cc(O)c(O)c(O)c1)c1cc(O)c(O)c(O)c1. The molecule has 4 unspecified atom stereocenters. The molecule has 4 rings (SSSR count). The first-order valence-electron chi connectivity index (χ1n) is 11.8. The number of aromatic hydroxyl groups is 9. The first kappa shape index (κ1) is 30.2. The molecule has 0 bridgehead atoms. The quantitative estimate of drug-likeness (QED) is 0.0986. The lowest BCUT2D eigenvalue weighted by Crippen LogP contribution is -2.42. The number of phenols is 9. The van der Waals surface area contributed by atoms with Gasteiger partial charge in [0, 0.05) is 0 Å². The maximum atomic E-state index is 12.9. The first-order chi connectivity index (χ1) is 20.2. The summed E-state index contributed by atoms with van der Waals surface area (Å²) in [7, 11) is 0. The number of hydrogen-bond donors (Lipinski definition) is 10. The van der Waals surface area contributed by atoms with Gasteiger partial charge in [-0.25, -0.2) is 14.4 Å². The summed E-state index contributed by atoms with van der Waals surface area (Å²) < 4.78 is 20.8. The third-order valence-electron chi connectivity index (χ3n) is 6.07. The molecule has 3 aromatic rings. The van der Waals surface area contributed by atoms with E-state index in [9.17, 15) is 65.4 Å². The molecule has 1 saturated heterocycles. The molecule has 0 saturated carbocycles. The van der Waals surface area contributed by atoms with Crippen molar-refractivity contribution in [3.05, 3.63) is 53.1 Å². The van der Waals surface area contributed by atoms with Gasteiger partial charge in [0.2, 0.25) is 0 Å². The minimum atomic E-state index is -2.05. The number of aliphatic hydroxyl groups is 1. The second-order valence-electron chi connectivity index (χ2n) is 8.99. The summed E-state index contributed by atoms with van der Waals surface area (Å²) in [6.07, 6.45) is -7.30. The summed E-state index contributed by atoms with van der Waals surface area (Å²) in [6, 6.07) is 4.37. The highest BCUT2D eigenvalue weighted by molar-refractivity contribution is 5.93. The molecule has 10 N–H and O–H groups in total. The van der Waals surface area contributed by atoms with Crippen LogP contribution in [0.25, 0.3) is 0 Å². The van der Waals surface area contributed by atoms with Crippen LogP contribution >= 0.6 is 0 Å². The normalized spacial score (nSPS) is 19.5. The fourth-order valence-electron chi connectivity index (χ4n) is 3.90. The van der Waals surface area contributed by atoms with E-state index in [0.717, 1.165) is 12.1 Å². The van der Waals surface area contributed by atoms with Crippen LogP contribution in [0.4, 0.5) is 0 Å². The van der Waals surface area contributed by atoms with Gasteiger partial charge >= 0.3 is 17.9 Å². The van der Waals surface area contributed by atoms with Crippen LogP contribution in [-0.4, -0.2) is 100 Å². The van der Waals surface area contributed by atoms with Crippen LogP contribution in [0.2, 0.25) is 0 Å². The molecule has 0 spiro atoms. The largest absolute Gasteiger partial charge is 0.504 e. The van der Waals surface area contributed by atoms with Crippen molar-refractivity contribution >= 4 is 17.9 Å². The highest BCUT2D eigenvalue weighted by Crippen LogP contribution is 2.38. The molecular weight excluding hydrogens is 584 g/mol. The number of rotatable bonds is 7. The van der Waals surface area contributed by atoms with E-state index in [2.05, 4.69) is 0 Å². The van der Waals surface area contributed by atoms with Crippen molar-refractivity contribution in [2.75, 3.05) is 6.61 Å². The maximum Gasteiger partial charge on any atom is 0.339 e. The average Bonchev–Trinajstić information content (AvgIpc) is 3.24. The van der Waals surface area contributed by atoms with Crippen molar-refractivity contribution in [2.24, 2.45) is 0 Å². The Morgan fingerprint density at radius 2 is 0.884 bits per heavy atom. The molecule has 1 aliphatic rings. The van der Waals surface area contributed by atoms with Crippen LogP contribution < -0.4 is 0 Å². The Labute approximate surface area is 238 Å². The number of carbonyl (C=O) groups excluding carboxylic acids is 3. The fourth-order valence-corrected chi connectivity index (χ4v) is 3.90. The van der Waals surface area contributed by atoms with E-state index in [1.165, 1.54) is 0 Å². The van der Waals surface area contributed by atoms with Gasteiger partial charge in [0.05, 0.1) is 16.7 Å². The molecule has 17 heteroatoms. The highest BCUT2D eigenvalue weighted by atomic mass is 16.7. The van der Waals surface area contributed by atoms with Gasteiger partial charge in [0.25, 0.3) is 0 Å². The number of benzene rings is 3. The van der Waals surface area contributed by atoms with E-state index in [0.29, 0.717) is 24.3 Å². The van der Waals surface area contributed by atoms with Crippen LogP contribution in [0.5, 0.6) is 51.7 Å². The fraction of sp³-hybridized carbons (Fsp3) is 0.192. The van der Waals surface area contributed by atoms with Gasteiger partial charge in [0.1, 0.15) is 12.7 Å². The van der Waals surface area contributed by atoms with Crippen molar-refractivity contribution in [3.63, 3.8) is 0 Å². The number of phenolic OH excluding ortho intramolecular Hbond substituents is 9. The Kier molecular flexibility index (Phi) is 8.13. The smallest absolute Gasteiger partial charge is 0.339 e. The molecule has 0 radical (unpaired) electrons. The molecule has 0 aliphatic carbocycles. The van der Waals surface area contributed by atoms with E-state index in [1.807, 2.05) is 0 Å². The molecular formula is C26H22O17. The molecule has 3 aromatic carbocycles. The third-order valence-corrected chi connectivity index (χ3v) is 6.07. The van der Waals surface area contributed by atoms with Gasteiger partial charge in [-0.2, -0.15) is 0 Å². The molecule has 228 valence electrons. The second-order valence-corrected chi connectivity index (χ2v) is 8.99. The maximum absolute atomic E-state index is 12.9. The Morgan fingerprint density at radius 1 is 0.558 bits per heavy atom. The van der Waals surface area contributed by atoms with Crippen molar-refractivity contribution < 1.29 is 84.4 Å². The number of hydrogen-bond acceptors (Lipinski definition) is 17. The minimum Gasteiger partial charge on any atom is -0.504 e. The van der Waals surface area contributed by atoms with Crippen molar-refractivity contribution in [2.45, 2.75) is 24.6 Å². The summed E-state index contributed by atoms with van der Waals surface area (Å²) >= 11 is 0. The van der Waals surface area contributed by atoms with Crippen molar-refractivity contribution in [1.82, 2.24) is 0 Å². The van der Waals surface area contributed by atoms with Gasteiger partial charge in [0.15, 0.2) is 70.2 Å². The number of aliphatic hydroxyl groups excluding tert-OH is 1.